The van der Waals surface area contributed by atoms with E-state index in [0.29, 0.717) is 6.04 Å². The van der Waals surface area contributed by atoms with Crippen molar-refractivity contribution in [1.29, 1.82) is 0 Å². The van der Waals surface area contributed by atoms with Gasteiger partial charge in [-0.25, -0.2) is 4.79 Å². The summed E-state index contributed by atoms with van der Waals surface area (Å²) in [7, 11) is 0. The average Bonchev–Trinajstić information content (AvgIpc) is 2.59. The monoisotopic (exact) mass is 242 g/mol. The molecule has 0 radical (unpaired) electrons. The van der Waals surface area contributed by atoms with E-state index in [9.17, 15) is 4.79 Å². The van der Waals surface area contributed by atoms with E-state index in [-0.39, 0.29) is 12.1 Å². The summed E-state index contributed by atoms with van der Waals surface area (Å²) in [5.41, 5.74) is -0.414. The van der Waals surface area contributed by atoms with Crippen molar-refractivity contribution in [3.8, 4) is 0 Å². The predicted molar refractivity (Wildman–Crippen MR) is 69.1 cm³/mol. The number of carbonyl (C=O) groups is 1. The quantitative estimate of drug-likeness (QED) is 0.796. The molecule has 0 heterocycles. The minimum absolute atomic E-state index is 0.263. The molecule has 1 aliphatic carbocycles. The minimum atomic E-state index is -0.414. The molecule has 100 valence electrons. The van der Waals surface area contributed by atoms with Gasteiger partial charge in [0, 0.05) is 12.1 Å². The number of hydrogen-bond donors (Lipinski definition) is 2. The molecule has 1 fully saturated rings. The molecule has 0 spiro atoms. The van der Waals surface area contributed by atoms with Gasteiger partial charge in [0.05, 0.1) is 0 Å². The Balaban J connectivity index is 2.23. The van der Waals surface area contributed by atoms with Crippen LogP contribution in [0.15, 0.2) is 0 Å². The first kappa shape index (κ1) is 14.3. The average molecular weight is 242 g/mol. The molecular formula is C13H26N2O2. The van der Waals surface area contributed by atoms with Crippen LogP contribution >= 0.6 is 0 Å². The lowest BCUT2D eigenvalue weighted by atomic mass is 10.2. The molecule has 17 heavy (non-hydrogen) atoms. The van der Waals surface area contributed by atoms with Crippen molar-refractivity contribution in [1.82, 2.24) is 10.6 Å². The molecular weight excluding hydrogens is 216 g/mol. The van der Waals surface area contributed by atoms with E-state index >= 15 is 0 Å². The summed E-state index contributed by atoms with van der Waals surface area (Å²) in [5, 5.41) is 6.43. The number of nitrogens with one attached hydrogen (secondary N) is 2. The van der Waals surface area contributed by atoms with Crippen molar-refractivity contribution in [3.63, 3.8) is 0 Å². The van der Waals surface area contributed by atoms with Crippen LogP contribution < -0.4 is 10.6 Å². The molecule has 1 amide bonds. The molecule has 0 aliphatic heterocycles. The van der Waals surface area contributed by atoms with Crippen LogP contribution in [-0.2, 0) is 4.74 Å². The van der Waals surface area contributed by atoms with Gasteiger partial charge in [-0.1, -0.05) is 6.92 Å². The Hall–Kier alpha value is -0.770. The van der Waals surface area contributed by atoms with Crippen molar-refractivity contribution >= 4 is 6.09 Å². The van der Waals surface area contributed by atoms with Crippen LogP contribution in [-0.4, -0.2) is 30.3 Å². The summed E-state index contributed by atoms with van der Waals surface area (Å²) >= 11 is 0. The number of rotatable bonds is 4. The fourth-order valence-electron chi connectivity index (χ4n) is 2.12. The second-order valence-electron chi connectivity index (χ2n) is 5.81. The molecule has 1 saturated carbocycles. The zero-order chi connectivity index (χ0) is 12.9. The number of alkyl carbamates (subject to hydrolysis) is 1. The van der Waals surface area contributed by atoms with Gasteiger partial charge in [0.15, 0.2) is 0 Å². The summed E-state index contributed by atoms with van der Waals surface area (Å²) in [6, 6.07) is 0.814. The van der Waals surface area contributed by atoms with Crippen molar-refractivity contribution in [2.75, 3.05) is 6.54 Å². The van der Waals surface area contributed by atoms with Crippen molar-refractivity contribution in [3.05, 3.63) is 0 Å². The van der Waals surface area contributed by atoms with Gasteiger partial charge in [-0.3, -0.25) is 0 Å². The molecule has 0 bridgehead atoms. The minimum Gasteiger partial charge on any atom is -0.444 e. The van der Waals surface area contributed by atoms with Crippen LogP contribution in [0, 0.1) is 0 Å². The van der Waals surface area contributed by atoms with Gasteiger partial charge in [-0.15, -0.1) is 0 Å². The largest absolute Gasteiger partial charge is 0.444 e. The van der Waals surface area contributed by atoms with Crippen LogP contribution in [0.1, 0.15) is 53.4 Å². The summed E-state index contributed by atoms with van der Waals surface area (Å²) in [5.74, 6) is 0. The van der Waals surface area contributed by atoms with Crippen molar-refractivity contribution < 1.29 is 9.53 Å². The maximum Gasteiger partial charge on any atom is 0.407 e. The lowest BCUT2D eigenvalue weighted by Crippen LogP contribution is -2.39. The Morgan fingerprint density at radius 2 is 1.94 bits per heavy atom. The number of carbonyl (C=O) groups excluding carboxylic acids is 1. The molecule has 1 rings (SSSR count). The van der Waals surface area contributed by atoms with E-state index in [1.165, 1.54) is 0 Å². The first-order valence-electron chi connectivity index (χ1n) is 6.63. The molecule has 4 heteroatoms. The van der Waals surface area contributed by atoms with E-state index in [0.717, 1.165) is 32.2 Å². The maximum absolute atomic E-state index is 11.6. The highest BCUT2D eigenvalue weighted by atomic mass is 16.6. The third-order valence-corrected chi connectivity index (χ3v) is 2.84. The van der Waals surface area contributed by atoms with Crippen molar-refractivity contribution in [2.45, 2.75) is 71.1 Å². The van der Waals surface area contributed by atoms with E-state index in [1.54, 1.807) is 0 Å². The third kappa shape index (κ3) is 5.91. The van der Waals surface area contributed by atoms with E-state index < -0.39 is 5.60 Å². The Morgan fingerprint density at radius 3 is 2.53 bits per heavy atom. The van der Waals surface area contributed by atoms with Crippen LogP contribution in [0.25, 0.3) is 0 Å². The number of hydrogen-bond acceptors (Lipinski definition) is 3. The predicted octanol–water partition coefficient (Wildman–Crippen LogP) is 2.43. The Kier molecular flexibility index (Phi) is 5.25. The number of amides is 1. The van der Waals surface area contributed by atoms with Crippen LogP contribution in [0.4, 0.5) is 4.79 Å². The van der Waals surface area contributed by atoms with E-state index in [4.69, 9.17) is 4.74 Å². The van der Waals surface area contributed by atoms with Gasteiger partial charge in [-0.2, -0.15) is 0 Å². The standard InChI is InChI=1S/C13H26N2O2/c1-5-8-14-10-6-7-11(9-10)15-12(16)17-13(2,3)4/h10-11,14H,5-9H2,1-4H3,(H,15,16). The lowest BCUT2D eigenvalue weighted by Gasteiger charge is -2.21. The summed E-state index contributed by atoms with van der Waals surface area (Å²) in [4.78, 5) is 11.6. The zero-order valence-corrected chi connectivity index (χ0v) is 11.5. The fourth-order valence-corrected chi connectivity index (χ4v) is 2.12. The lowest BCUT2D eigenvalue weighted by molar-refractivity contribution is 0.0505. The summed E-state index contributed by atoms with van der Waals surface area (Å²) in [6.07, 6.45) is 4.06. The normalized spacial score (nSPS) is 24.7. The molecule has 0 aromatic heterocycles. The molecule has 2 unspecified atom stereocenters. The first-order chi connectivity index (χ1) is 7.90. The van der Waals surface area contributed by atoms with Gasteiger partial charge >= 0.3 is 6.09 Å². The van der Waals surface area contributed by atoms with Gasteiger partial charge in [0.2, 0.25) is 0 Å². The van der Waals surface area contributed by atoms with Gasteiger partial charge in [0.1, 0.15) is 5.60 Å². The Morgan fingerprint density at radius 1 is 1.29 bits per heavy atom. The molecule has 4 nitrogen and oxygen atoms in total. The second-order valence-corrected chi connectivity index (χ2v) is 5.81. The number of ether oxygens (including phenoxy) is 1. The summed E-state index contributed by atoms with van der Waals surface area (Å²) < 4.78 is 5.25. The molecule has 0 aromatic rings. The van der Waals surface area contributed by atoms with Gasteiger partial charge < -0.3 is 15.4 Å². The molecule has 2 N–H and O–H groups in total. The van der Waals surface area contributed by atoms with E-state index in [1.807, 2.05) is 20.8 Å². The molecule has 1 aliphatic rings. The smallest absolute Gasteiger partial charge is 0.407 e. The molecule has 0 saturated heterocycles. The molecule has 0 aromatic carbocycles. The zero-order valence-electron chi connectivity index (χ0n) is 11.5. The van der Waals surface area contributed by atoms with Gasteiger partial charge in [0.25, 0.3) is 0 Å². The highest BCUT2D eigenvalue weighted by Gasteiger charge is 2.26. The Labute approximate surface area is 104 Å². The van der Waals surface area contributed by atoms with Gasteiger partial charge in [-0.05, 0) is 53.0 Å². The van der Waals surface area contributed by atoms with Crippen LogP contribution in [0.5, 0.6) is 0 Å². The van der Waals surface area contributed by atoms with Crippen molar-refractivity contribution in [2.24, 2.45) is 0 Å². The fraction of sp³-hybridized carbons (Fsp3) is 0.923. The first-order valence-corrected chi connectivity index (χ1v) is 6.63. The topological polar surface area (TPSA) is 50.4 Å². The summed E-state index contributed by atoms with van der Waals surface area (Å²) in [6.45, 7) is 8.87. The Bertz CT molecular complexity index is 248. The van der Waals surface area contributed by atoms with E-state index in [2.05, 4.69) is 17.6 Å². The SMILES string of the molecule is CCCNC1CCC(NC(=O)OC(C)(C)C)C1. The van der Waals surface area contributed by atoms with Crippen LogP contribution in [0.2, 0.25) is 0 Å². The highest BCUT2D eigenvalue weighted by Crippen LogP contribution is 2.19. The molecule has 2 atom stereocenters. The maximum atomic E-state index is 11.6. The third-order valence-electron chi connectivity index (χ3n) is 2.84. The second kappa shape index (κ2) is 6.24. The highest BCUT2D eigenvalue weighted by molar-refractivity contribution is 5.68. The van der Waals surface area contributed by atoms with Crippen LogP contribution in [0.3, 0.4) is 0 Å².